The van der Waals surface area contributed by atoms with E-state index in [9.17, 15) is 12.8 Å². The van der Waals surface area contributed by atoms with E-state index in [-0.39, 0.29) is 10.6 Å². The van der Waals surface area contributed by atoms with Crippen LogP contribution in [0.5, 0.6) is 5.75 Å². The number of benzene rings is 1. The molecule has 0 radical (unpaired) electrons. The van der Waals surface area contributed by atoms with Crippen LogP contribution >= 0.6 is 22.3 Å². The Labute approximate surface area is 89.5 Å². The molecule has 7 heteroatoms. The Bertz CT molecular complexity index is 458. The lowest BCUT2D eigenvalue weighted by Crippen LogP contribution is -1.99. The topological polar surface area (TPSA) is 54.4 Å². The molecular weight excluding hydrogens is 254 g/mol. The van der Waals surface area contributed by atoms with E-state index in [2.05, 4.69) is 0 Å². The predicted molar refractivity (Wildman–Crippen MR) is 51.6 cm³/mol. The normalized spacial score (nSPS) is 11.6. The minimum absolute atomic E-state index is 0.0930. The van der Waals surface area contributed by atoms with Gasteiger partial charge in [-0.2, -0.15) is 0 Å². The zero-order valence-corrected chi connectivity index (χ0v) is 9.00. The molecular formula is C7H5Cl2FO3S. The molecule has 0 aliphatic carbocycles. The highest BCUT2D eigenvalue weighted by Gasteiger charge is 2.17. The quantitative estimate of drug-likeness (QED) is 0.829. The molecule has 1 aromatic carbocycles. The second kappa shape index (κ2) is 3.92. The van der Waals surface area contributed by atoms with Gasteiger partial charge < -0.3 is 5.11 Å². The van der Waals surface area contributed by atoms with Crippen molar-refractivity contribution in [2.24, 2.45) is 0 Å². The van der Waals surface area contributed by atoms with Crippen LogP contribution in [0.1, 0.15) is 5.56 Å². The summed E-state index contributed by atoms with van der Waals surface area (Å²) in [6, 6.07) is 2.22. The number of halogens is 3. The second-order valence-corrected chi connectivity index (χ2v) is 5.73. The molecule has 14 heavy (non-hydrogen) atoms. The van der Waals surface area contributed by atoms with Crippen molar-refractivity contribution in [3.63, 3.8) is 0 Å². The molecule has 0 atom stereocenters. The molecule has 0 heterocycles. The molecule has 1 N–H and O–H groups in total. The maximum Gasteiger partial charge on any atom is 0.236 e. The van der Waals surface area contributed by atoms with Crippen LogP contribution < -0.4 is 0 Å². The number of rotatable bonds is 2. The highest BCUT2D eigenvalue weighted by atomic mass is 35.7. The van der Waals surface area contributed by atoms with Crippen molar-refractivity contribution in [1.82, 2.24) is 0 Å². The van der Waals surface area contributed by atoms with E-state index in [0.29, 0.717) is 0 Å². The van der Waals surface area contributed by atoms with Gasteiger partial charge in [0.05, 0.1) is 5.75 Å². The number of hydrogen-bond donors (Lipinski definition) is 1. The number of phenolic OH excluding ortho intramolecular Hbond substituents is 1. The minimum atomic E-state index is -3.90. The molecule has 0 saturated heterocycles. The molecule has 0 fully saturated rings. The molecule has 1 rings (SSSR count). The summed E-state index contributed by atoms with van der Waals surface area (Å²) in [6.07, 6.45) is 0. The largest absolute Gasteiger partial charge is 0.505 e. The fourth-order valence-corrected chi connectivity index (χ4v) is 2.14. The molecule has 0 aliphatic heterocycles. The first kappa shape index (κ1) is 11.6. The zero-order valence-electron chi connectivity index (χ0n) is 6.67. The van der Waals surface area contributed by atoms with E-state index >= 15 is 0 Å². The first-order valence-electron chi connectivity index (χ1n) is 3.39. The predicted octanol–water partition coefficient (Wildman–Crippen LogP) is 2.25. The summed E-state index contributed by atoms with van der Waals surface area (Å²) < 4.78 is 34.5. The fourth-order valence-electron chi connectivity index (χ4n) is 0.890. The lowest BCUT2D eigenvalue weighted by atomic mass is 10.2. The zero-order chi connectivity index (χ0) is 10.9. The molecule has 78 valence electrons. The van der Waals surface area contributed by atoms with Gasteiger partial charge in [-0.1, -0.05) is 11.6 Å². The first-order valence-corrected chi connectivity index (χ1v) is 6.25. The van der Waals surface area contributed by atoms with Gasteiger partial charge in [0, 0.05) is 21.3 Å². The van der Waals surface area contributed by atoms with Gasteiger partial charge in [0.15, 0.2) is 11.6 Å². The third-order valence-corrected chi connectivity index (χ3v) is 2.80. The third-order valence-electron chi connectivity index (χ3n) is 1.48. The van der Waals surface area contributed by atoms with Crippen molar-refractivity contribution < 1.29 is 17.9 Å². The Balaban J connectivity index is 3.27. The summed E-state index contributed by atoms with van der Waals surface area (Å²) >= 11 is 5.53. The van der Waals surface area contributed by atoms with Gasteiger partial charge in [-0.3, -0.25) is 0 Å². The molecule has 0 unspecified atom stereocenters. The maximum absolute atomic E-state index is 13.1. The Hall–Kier alpha value is -0.520. The highest BCUT2D eigenvalue weighted by Crippen LogP contribution is 2.28. The summed E-state index contributed by atoms with van der Waals surface area (Å²) in [5, 5.41) is 8.86. The second-order valence-electron chi connectivity index (χ2n) is 2.54. The van der Waals surface area contributed by atoms with Crippen molar-refractivity contribution >= 4 is 31.3 Å². The van der Waals surface area contributed by atoms with E-state index in [4.69, 9.17) is 27.4 Å². The lowest BCUT2D eigenvalue weighted by Gasteiger charge is -2.04. The van der Waals surface area contributed by atoms with Crippen LogP contribution in [-0.2, 0) is 14.8 Å². The lowest BCUT2D eigenvalue weighted by molar-refractivity contribution is 0.430. The molecule has 0 spiro atoms. The van der Waals surface area contributed by atoms with Crippen LogP contribution in [-0.4, -0.2) is 13.5 Å². The first-order chi connectivity index (χ1) is 6.31. The van der Waals surface area contributed by atoms with Gasteiger partial charge in [-0.15, -0.1) is 0 Å². The third kappa shape index (κ3) is 2.73. The van der Waals surface area contributed by atoms with E-state index in [1.807, 2.05) is 0 Å². The van der Waals surface area contributed by atoms with Crippen LogP contribution in [0.25, 0.3) is 0 Å². The minimum Gasteiger partial charge on any atom is -0.505 e. The maximum atomic E-state index is 13.1. The Morgan fingerprint density at radius 3 is 2.50 bits per heavy atom. The van der Waals surface area contributed by atoms with Crippen molar-refractivity contribution in [2.45, 2.75) is 5.75 Å². The summed E-state index contributed by atoms with van der Waals surface area (Å²) in [6.45, 7) is 0. The summed E-state index contributed by atoms with van der Waals surface area (Å²) in [5.41, 5.74) is -0.332. The van der Waals surface area contributed by atoms with Crippen LogP contribution in [0.3, 0.4) is 0 Å². The van der Waals surface area contributed by atoms with Gasteiger partial charge in [0.2, 0.25) is 9.05 Å². The number of aromatic hydroxyl groups is 1. The van der Waals surface area contributed by atoms with Crippen LogP contribution in [0.15, 0.2) is 12.1 Å². The van der Waals surface area contributed by atoms with Gasteiger partial charge in [0.25, 0.3) is 0 Å². The van der Waals surface area contributed by atoms with E-state index in [0.717, 1.165) is 6.07 Å². The smallest absolute Gasteiger partial charge is 0.236 e. The highest BCUT2D eigenvalue weighted by molar-refractivity contribution is 8.13. The van der Waals surface area contributed by atoms with Gasteiger partial charge in [-0.25, -0.2) is 12.8 Å². The molecule has 3 nitrogen and oxygen atoms in total. The summed E-state index contributed by atoms with van der Waals surface area (Å²) in [4.78, 5) is 0. The molecule has 1 aromatic rings. The molecule has 0 bridgehead atoms. The van der Waals surface area contributed by atoms with Crippen molar-refractivity contribution in [2.75, 3.05) is 0 Å². The van der Waals surface area contributed by atoms with Crippen LogP contribution in [0, 0.1) is 5.82 Å². The molecule has 0 aromatic heterocycles. The van der Waals surface area contributed by atoms with Crippen molar-refractivity contribution in [1.29, 1.82) is 0 Å². The standard InChI is InChI=1S/C7H5Cl2FO3S/c8-5-1-2-6(11)7(10)4(5)3-14(9,12)13/h1-2,11H,3H2. The molecule has 0 aliphatic rings. The number of phenols is 1. The van der Waals surface area contributed by atoms with Crippen molar-refractivity contribution in [3.05, 3.63) is 28.5 Å². The van der Waals surface area contributed by atoms with E-state index < -0.39 is 26.4 Å². The van der Waals surface area contributed by atoms with Gasteiger partial charge in [-0.05, 0) is 12.1 Å². The monoisotopic (exact) mass is 258 g/mol. The Morgan fingerprint density at radius 1 is 1.43 bits per heavy atom. The van der Waals surface area contributed by atoms with Crippen LogP contribution in [0.4, 0.5) is 4.39 Å². The van der Waals surface area contributed by atoms with Gasteiger partial charge >= 0.3 is 0 Å². The summed E-state index contributed by atoms with van der Waals surface area (Å²) in [7, 11) is 1.03. The van der Waals surface area contributed by atoms with Crippen molar-refractivity contribution in [3.8, 4) is 5.75 Å². The van der Waals surface area contributed by atoms with E-state index in [1.54, 1.807) is 0 Å². The SMILES string of the molecule is O=S(=O)(Cl)Cc1c(Cl)ccc(O)c1F. The Morgan fingerprint density at radius 2 is 2.00 bits per heavy atom. The average molecular weight is 259 g/mol. The van der Waals surface area contributed by atoms with Gasteiger partial charge in [0.1, 0.15) is 0 Å². The van der Waals surface area contributed by atoms with E-state index in [1.165, 1.54) is 6.07 Å². The van der Waals surface area contributed by atoms with Crippen LogP contribution in [0.2, 0.25) is 5.02 Å². The Kier molecular flexibility index (Phi) is 3.24. The average Bonchev–Trinajstić information content (AvgIpc) is 2.04. The fraction of sp³-hybridized carbons (Fsp3) is 0.143. The summed E-state index contributed by atoms with van der Waals surface area (Å²) in [5.74, 6) is -2.49. The molecule has 0 amide bonds. The molecule has 0 saturated carbocycles. The number of hydrogen-bond acceptors (Lipinski definition) is 3.